The normalized spacial score (nSPS) is 27.4. The van der Waals surface area contributed by atoms with Crippen LogP contribution in [0.1, 0.15) is 24.8 Å². The molecule has 0 saturated carbocycles. The number of hydrogen-bond acceptors (Lipinski definition) is 3. The molecule has 3 heterocycles. The summed E-state index contributed by atoms with van der Waals surface area (Å²) in [6, 6.07) is 3.95. The lowest BCUT2D eigenvalue weighted by atomic mass is 10.1. The van der Waals surface area contributed by atoms with Gasteiger partial charge in [-0.15, -0.1) is 0 Å². The Morgan fingerprint density at radius 1 is 1.19 bits per heavy atom. The quantitative estimate of drug-likeness (QED) is 0.825. The van der Waals surface area contributed by atoms with Crippen molar-refractivity contribution >= 4 is 35.1 Å². The lowest BCUT2D eigenvalue weighted by Gasteiger charge is -2.38. The highest BCUT2D eigenvalue weighted by molar-refractivity contribution is 6.31. The molecule has 3 fully saturated rings. The molecule has 8 heteroatoms. The molecule has 0 aliphatic carbocycles. The molecule has 0 spiro atoms. The van der Waals surface area contributed by atoms with Gasteiger partial charge in [-0.2, -0.15) is 0 Å². The molecule has 7 nitrogen and oxygen atoms in total. The highest BCUT2D eigenvalue weighted by Crippen LogP contribution is 2.32. The summed E-state index contributed by atoms with van der Waals surface area (Å²) in [6.07, 6.45) is 2.07. The molecule has 4 amide bonds. The molecule has 3 atom stereocenters. The Morgan fingerprint density at radius 2 is 1.96 bits per heavy atom. The Morgan fingerprint density at radius 3 is 2.77 bits per heavy atom. The fourth-order valence-electron chi connectivity index (χ4n) is 4.17. The van der Waals surface area contributed by atoms with Crippen LogP contribution in [0.15, 0.2) is 18.2 Å². The van der Waals surface area contributed by atoms with Gasteiger partial charge in [-0.05, 0) is 43.9 Å². The predicted molar refractivity (Wildman–Crippen MR) is 97.0 cm³/mol. The number of nitrogens with one attached hydrogen (secondary N) is 2. The molecule has 3 saturated heterocycles. The van der Waals surface area contributed by atoms with Gasteiger partial charge in [0.1, 0.15) is 12.1 Å². The van der Waals surface area contributed by atoms with Crippen LogP contribution in [0.5, 0.6) is 0 Å². The Balaban J connectivity index is 1.41. The number of benzene rings is 1. The highest BCUT2D eigenvalue weighted by Gasteiger charge is 2.51. The second-order valence-corrected chi connectivity index (χ2v) is 7.55. The number of carbonyl (C=O) groups excluding carboxylic acids is 3. The first kappa shape index (κ1) is 17.1. The third-order valence-electron chi connectivity index (χ3n) is 5.54. The van der Waals surface area contributed by atoms with E-state index in [-0.39, 0.29) is 29.9 Å². The summed E-state index contributed by atoms with van der Waals surface area (Å²) in [5.41, 5.74) is 1.43. The first-order valence-corrected chi connectivity index (χ1v) is 9.27. The van der Waals surface area contributed by atoms with Crippen molar-refractivity contribution in [2.24, 2.45) is 0 Å². The molecule has 0 radical (unpaired) electrons. The summed E-state index contributed by atoms with van der Waals surface area (Å²) < 4.78 is 0. The van der Waals surface area contributed by atoms with E-state index in [0.29, 0.717) is 30.2 Å². The van der Waals surface area contributed by atoms with Gasteiger partial charge in [0.05, 0.1) is 6.04 Å². The fourth-order valence-corrected chi connectivity index (χ4v) is 4.35. The standard InChI is InChI=1S/C18H21ClN4O3/c1-10-12(19)4-2-5-13(10)21-18(26)20-11-8-15-17(25)22-7-3-6-14(22)16(24)23(15)9-11/h2,4-5,11,14-15H,3,6-9H2,1H3,(H2,20,21,26)/t11-,14+,15-/m0/s1. The minimum absolute atomic E-state index is 0.0162. The molecule has 0 unspecified atom stereocenters. The first-order valence-electron chi connectivity index (χ1n) is 8.89. The second kappa shape index (κ2) is 6.46. The maximum Gasteiger partial charge on any atom is 0.319 e. The van der Waals surface area contributed by atoms with E-state index in [2.05, 4.69) is 10.6 Å². The number of fused-ring (bicyclic) bond motifs is 2. The van der Waals surface area contributed by atoms with Crippen molar-refractivity contribution in [2.75, 3.05) is 18.4 Å². The van der Waals surface area contributed by atoms with Crippen molar-refractivity contribution in [3.63, 3.8) is 0 Å². The van der Waals surface area contributed by atoms with Gasteiger partial charge in [0.2, 0.25) is 11.8 Å². The van der Waals surface area contributed by atoms with E-state index >= 15 is 0 Å². The third-order valence-corrected chi connectivity index (χ3v) is 5.95. The van der Waals surface area contributed by atoms with E-state index in [9.17, 15) is 14.4 Å². The Kier molecular flexibility index (Phi) is 4.26. The minimum atomic E-state index is -0.449. The molecule has 1 aromatic carbocycles. The van der Waals surface area contributed by atoms with Gasteiger partial charge in [0.15, 0.2) is 0 Å². The van der Waals surface area contributed by atoms with Crippen LogP contribution < -0.4 is 10.6 Å². The molecule has 2 N–H and O–H groups in total. The van der Waals surface area contributed by atoms with Crippen LogP contribution in [0.25, 0.3) is 0 Å². The number of halogens is 1. The summed E-state index contributed by atoms with van der Waals surface area (Å²) in [6.45, 7) is 2.87. The predicted octanol–water partition coefficient (Wildman–Crippen LogP) is 1.74. The van der Waals surface area contributed by atoms with Crippen molar-refractivity contribution in [2.45, 2.75) is 44.3 Å². The van der Waals surface area contributed by atoms with E-state index in [1.54, 1.807) is 28.0 Å². The minimum Gasteiger partial charge on any atom is -0.333 e. The van der Waals surface area contributed by atoms with E-state index in [1.165, 1.54) is 0 Å². The first-order chi connectivity index (χ1) is 12.5. The van der Waals surface area contributed by atoms with Crippen molar-refractivity contribution in [3.8, 4) is 0 Å². The van der Waals surface area contributed by atoms with Gasteiger partial charge < -0.3 is 20.4 Å². The molecular formula is C18H21ClN4O3. The fraction of sp³-hybridized carbons (Fsp3) is 0.500. The molecule has 4 rings (SSSR count). The number of amides is 4. The van der Waals surface area contributed by atoms with Gasteiger partial charge in [-0.1, -0.05) is 17.7 Å². The van der Waals surface area contributed by atoms with E-state index < -0.39 is 6.04 Å². The highest BCUT2D eigenvalue weighted by atomic mass is 35.5. The summed E-state index contributed by atoms with van der Waals surface area (Å²) in [5, 5.41) is 6.25. The molecule has 0 bridgehead atoms. The van der Waals surface area contributed by atoms with E-state index in [0.717, 1.165) is 18.4 Å². The molecule has 3 aliphatic rings. The Labute approximate surface area is 156 Å². The number of hydrogen-bond donors (Lipinski definition) is 2. The molecule has 1 aromatic rings. The van der Waals surface area contributed by atoms with E-state index in [1.807, 2.05) is 6.92 Å². The van der Waals surface area contributed by atoms with Crippen molar-refractivity contribution < 1.29 is 14.4 Å². The van der Waals surface area contributed by atoms with Crippen LogP contribution in [0.4, 0.5) is 10.5 Å². The second-order valence-electron chi connectivity index (χ2n) is 7.14. The Hall–Kier alpha value is -2.28. The summed E-state index contributed by atoms with van der Waals surface area (Å²) in [5.74, 6) is 0.0324. The summed E-state index contributed by atoms with van der Waals surface area (Å²) >= 11 is 6.07. The van der Waals surface area contributed by atoms with Crippen molar-refractivity contribution in [1.29, 1.82) is 0 Å². The van der Waals surface area contributed by atoms with Crippen molar-refractivity contribution in [1.82, 2.24) is 15.1 Å². The maximum atomic E-state index is 12.6. The van der Waals surface area contributed by atoms with Gasteiger partial charge in [0, 0.05) is 23.8 Å². The van der Waals surface area contributed by atoms with Gasteiger partial charge >= 0.3 is 6.03 Å². The average Bonchev–Trinajstić information content (AvgIpc) is 3.24. The maximum absolute atomic E-state index is 12.6. The van der Waals surface area contributed by atoms with Crippen molar-refractivity contribution in [3.05, 3.63) is 28.8 Å². The molecule has 138 valence electrons. The number of nitrogens with zero attached hydrogens (tertiary/aromatic N) is 2. The SMILES string of the molecule is Cc1c(Cl)cccc1NC(=O)N[C@H]1C[C@H]2C(=O)N3CCC[C@@H]3C(=O)N2C1. The van der Waals surface area contributed by atoms with E-state index in [4.69, 9.17) is 11.6 Å². The zero-order chi connectivity index (χ0) is 18.4. The topological polar surface area (TPSA) is 81.8 Å². The summed E-state index contributed by atoms with van der Waals surface area (Å²) in [4.78, 5) is 40.9. The third kappa shape index (κ3) is 2.80. The number of carbonyl (C=O) groups is 3. The molecular weight excluding hydrogens is 356 g/mol. The van der Waals surface area contributed by atoms with Crippen LogP contribution >= 0.6 is 11.6 Å². The van der Waals surface area contributed by atoms with Crippen LogP contribution in [0.2, 0.25) is 5.02 Å². The largest absolute Gasteiger partial charge is 0.333 e. The molecule has 26 heavy (non-hydrogen) atoms. The van der Waals surface area contributed by atoms with Gasteiger partial charge in [-0.3, -0.25) is 9.59 Å². The lowest BCUT2D eigenvalue weighted by Crippen LogP contribution is -2.60. The molecule has 0 aromatic heterocycles. The van der Waals surface area contributed by atoms with Gasteiger partial charge in [-0.25, -0.2) is 4.79 Å². The summed E-state index contributed by atoms with van der Waals surface area (Å²) in [7, 11) is 0. The number of piperazine rings is 1. The number of anilines is 1. The number of urea groups is 1. The van der Waals surface area contributed by atoms with Crippen LogP contribution in [-0.4, -0.2) is 58.9 Å². The smallest absolute Gasteiger partial charge is 0.319 e. The van der Waals surface area contributed by atoms with Crippen LogP contribution in [-0.2, 0) is 9.59 Å². The zero-order valence-corrected chi connectivity index (χ0v) is 15.3. The van der Waals surface area contributed by atoms with Gasteiger partial charge in [0.25, 0.3) is 0 Å². The average molecular weight is 377 g/mol. The zero-order valence-electron chi connectivity index (χ0n) is 14.5. The molecule has 3 aliphatic heterocycles. The monoisotopic (exact) mass is 376 g/mol. The lowest BCUT2D eigenvalue weighted by molar-refractivity contribution is -0.156. The Bertz CT molecular complexity index is 754. The van der Waals surface area contributed by atoms with Crippen LogP contribution in [0.3, 0.4) is 0 Å². The van der Waals surface area contributed by atoms with Crippen LogP contribution in [0, 0.1) is 6.92 Å². The number of rotatable bonds is 2.